The molecule has 0 radical (unpaired) electrons. The molecular formula is CHBrNa2O2. The first-order chi connectivity index (χ1) is 1.41. The second-order valence-corrected chi connectivity index (χ2v) is 0.0962. The van der Waals surface area contributed by atoms with E-state index in [2.05, 4.69) is 0 Å². The normalized spacial score (nSPS) is 2.00. The van der Waals surface area contributed by atoms with Crippen LogP contribution in [0.15, 0.2) is 0 Å². The van der Waals surface area contributed by atoms with E-state index in [-0.39, 0.29) is 76.1 Å². The molecule has 0 spiro atoms. The molecule has 0 saturated carbocycles. The Morgan fingerprint density at radius 1 is 1.33 bits per heavy atom. The van der Waals surface area contributed by atoms with Gasteiger partial charge in [0.25, 0.3) is 0 Å². The van der Waals surface area contributed by atoms with Crippen molar-refractivity contribution in [1.29, 1.82) is 0 Å². The second-order valence-electron chi connectivity index (χ2n) is 0.0962. The van der Waals surface area contributed by atoms with Gasteiger partial charge >= 0.3 is 59.1 Å². The minimum Gasteiger partial charge on any atom is -1.00 e. The smallest absolute Gasteiger partial charge is 1.00 e. The van der Waals surface area contributed by atoms with Crippen molar-refractivity contribution >= 4 is 6.47 Å². The van der Waals surface area contributed by atoms with Gasteiger partial charge < -0.3 is 26.9 Å². The average molecular weight is 171 g/mol. The molecule has 5 heteroatoms. The number of hydrogen-bond donors (Lipinski definition) is 0. The van der Waals surface area contributed by atoms with E-state index in [1.54, 1.807) is 0 Å². The Morgan fingerprint density at radius 2 is 1.33 bits per heavy atom. The van der Waals surface area contributed by atoms with Crippen LogP contribution >= 0.6 is 0 Å². The van der Waals surface area contributed by atoms with Crippen LogP contribution in [0.25, 0.3) is 0 Å². The third-order valence-electron chi connectivity index (χ3n) is 0. The van der Waals surface area contributed by atoms with Crippen molar-refractivity contribution in [1.82, 2.24) is 0 Å². The summed E-state index contributed by atoms with van der Waals surface area (Å²) in [4.78, 5) is 8.25. The zero-order valence-electron chi connectivity index (χ0n) is 3.77. The first-order valence-electron chi connectivity index (χ1n) is 0.471. The Balaban J connectivity index is -0.00000000667. The molecule has 0 N–H and O–H groups in total. The molecule has 0 amide bonds. The first kappa shape index (κ1) is 24.6. The Morgan fingerprint density at radius 3 is 1.33 bits per heavy atom. The van der Waals surface area contributed by atoms with Gasteiger partial charge in [0.1, 0.15) is 0 Å². The molecular weight excluding hydrogens is 170 g/mol. The first-order valence-corrected chi connectivity index (χ1v) is 0.471. The van der Waals surface area contributed by atoms with Crippen LogP contribution in [0.3, 0.4) is 0 Å². The maximum Gasteiger partial charge on any atom is 1.00 e. The van der Waals surface area contributed by atoms with E-state index in [0.29, 0.717) is 0 Å². The van der Waals surface area contributed by atoms with Gasteiger partial charge in [-0.15, -0.1) is 0 Å². The minimum atomic E-state index is -0.500. The van der Waals surface area contributed by atoms with Crippen LogP contribution in [0, 0.1) is 0 Å². The summed E-state index contributed by atoms with van der Waals surface area (Å²) >= 11 is 0. The van der Waals surface area contributed by atoms with Crippen LogP contribution in [0.5, 0.6) is 0 Å². The number of carbonyl (C=O) groups excluding carboxylic acids is 1. The van der Waals surface area contributed by atoms with E-state index in [4.69, 9.17) is 9.90 Å². The van der Waals surface area contributed by atoms with E-state index in [0.717, 1.165) is 0 Å². The topological polar surface area (TPSA) is 40.1 Å². The SMILES string of the molecule is O=C[O-].[Br-].[Na+].[Na+]. The zero-order valence-corrected chi connectivity index (χ0v) is 9.36. The average Bonchev–Trinajstić information content (AvgIpc) is 0.918. The van der Waals surface area contributed by atoms with Crippen LogP contribution in [-0.2, 0) is 4.79 Å². The number of carbonyl (C=O) groups is 1. The maximum absolute atomic E-state index is 8.25. The molecule has 0 aromatic rings. The van der Waals surface area contributed by atoms with E-state index in [9.17, 15) is 0 Å². The Kier molecular flexibility index (Phi) is 116. The van der Waals surface area contributed by atoms with Crippen LogP contribution < -0.4 is 81.2 Å². The molecule has 0 aliphatic heterocycles. The van der Waals surface area contributed by atoms with Gasteiger partial charge in [-0.2, -0.15) is 0 Å². The molecule has 0 aromatic heterocycles. The third-order valence-corrected chi connectivity index (χ3v) is 0. The standard InChI is InChI=1S/CH2O2.BrH.2Na/c2-1-3;;;/h1H,(H,2,3);1H;;/q;;2*+1/p-2. The van der Waals surface area contributed by atoms with Gasteiger partial charge in [-0.3, -0.25) is 0 Å². The summed E-state index contributed by atoms with van der Waals surface area (Å²) in [5.41, 5.74) is 0. The Labute approximate surface area is 91.0 Å². The number of halogens is 1. The monoisotopic (exact) mass is 170 g/mol. The van der Waals surface area contributed by atoms with E-state index in [1.807, 2.05) is 0 Å². The molecule has 2 nitrogen and oxygen atoms in total. The van der Waals surface area contributed by atoms with Crippen LogP contribution in [-0.4, -0.2) is 6.47 Å². The van der Waals surface area contributed by atoms with E-state index < -0.39 is 6.47 Å². The summed E-state index contributed by atoms with van der Waals surface area (Å²) in [7, 11) is 0. The van der Waals surface area contributed by atoms with Crippen molar-refractivity contribution in [2.45, 2.75) is 0 Å². The summed E-state index contributed by atoms with van der Waals surface area (Å²) in [5.74, 6) is 0. The molecule has 0 bridgehead atoms. The molecule has 0 atom stereocenters. The summed E-state index contributed by atoms with van der Waals surface area (Å²) in [5, 5.41) is 8.25. The summed E-state index contributed by atoms with van der Waals surface area (Å²) in [6, 6.07) is 0. The maximum atomic E-state index is 8.25. The summed E-state index contributed by atoms with van der Waals surface area (Å²) < 4.78 is 0. The number of carboxylic acid groups (broad SMARTS) is 1. The molecule has 0 aliphatic rings. The second kappa shape index (κ2) is 28.3. The van der Waals surface area contributed by atoms with Gasteiger partial charge in [-0.05, 0) is 0 Å². The molecule has 0 aromatic carbocycles. The molecule has 0 fully saturated rings. The predicted molar refractivity (Wildman–Crippen MR) is 6.06 cm³/mol. The van der Waals surface area contributed by atoms with Crippen LogP contribution in [0.4, 0.5) is 0 Å². The number of hydrogen-bond acceptors (Lipinski definition) is 2. The van der Waals surface area contributed by atoms with Crippen LogP contribution in [0.2, 0.25) is 0 Å². The summed E-state index contributed by atoms with van der Waals surface area (Å²) in [6.07, 6.45) is 0. The van der Waals surface area contributed by atoms with E-state index >= 15 is 0 Å². The third kappa shape index (κ3) is 38.3. The fourth-order valence-corrected chi connectivity index (χ4v) is 0. The van der Waals surface area contributed by atoms with Crippen molar-refractivity contribution in [2.75, 3.05) is 0 Å². The molecule has 0 saturated heterocycles. The van der Waals surface area contributed by atoms with Crippen molar-refractivity contribution in [3.05, 3.63) is 0 Å². The van der Waals surface area contributed by atoms with Gasteiger partial charge in [-0.25, -0.2) is 0 Å². The fraction of sp³-hybridized carbons (Fsp3) is 0. The largest absolute Gasteiger partial charge is 1.00 e. The van der Waals surface area contributed by atoms with E-state index in [1.165, 1.54) is 0 Å². The van der Waals surface area contributed by atoms with Crippen LogP contribution in [0.1, 0.15) is 0 Å². The molecule has 0 rings (SSSR count). The zero-order chi connectivity index (χ0) is 2.71. The van der Waals surface area contributed by atoms with Crippen molar-refractivity contribution in [2.24, 2.45) is 0 Å². The predicted octanol–water partition coefficient (Wildman–Crippen LogP) is -10.6. The molecule has 6 heavy (non-hydrogen) atoms. The van der Waals surface area contributed by atoms with Gasteiger partial charge in [0, 0.05) is 6.47 Å². The van der Waals surface area contributed by atoms with Crippen molar-refractivity contribution in [3.8, 4) is 0 Å². The van der Waals surface area contributed by atoms with Gasteiger partial charge in [0.2, 0.25) is 0 Å². The Hall–Kier alpha value is 1.95. The summed E-state index contributed by atoms with van der Waals surface area (Å²) in [6.45, 7) is -0.500. The number of rotatable bonds is 0. The molecule has 0 unspecified atom stereocenters. The van der Waals surface area contributed by atoms with Gasteiger partial charge in [-0.1, -0.05) is 0 Å². The van der Waals surface area contributed by atoms with Crippen molar-refractivity contribution < 1.29 is 86.0 Å². The fourth-order valence-electron chi connectivity index (χ4n) is 0. The Bertz CT molecular complexity index is 19.0. The quantitative estimate of drug-likeness (QED) is 0.268. The van der Waals surface area contributed by atoms with Crippen molar-refractivity contribution in [3.63, 3.8) is 0 Å². The minimum absolute atomic E-state index is 0. The van der Waals surface area contributed by atoms with Gasteiger partial charge in [0.05, 0.1) is 0 Å². The molecule has 26 valence electrons. The van der Waals surface area contributed by atoms with Gasteiger partial charge in [0.15, 0.2) is 0 Å². The molecule has 0 heterocycles. The molecule has 0 aliphatic carbocycles.